The van der Waals surface area contributed by atoms with E-state index in [2.05, 4.69) is 11.9 Å². The number of halogens is 1. The molecule has 0 aliphatic carbocycles. The second-order valence-electron chi connectivity index (χ2n) is 3.55. The Kier molecular flexibility index (Phi) is 3.69. The largest absolute Gasteiger partial charge is 0.384 e. The highest BCUT2D eigenvalue weighted by Crippen LogP contribution is 2.17. The van der Waals surface area contributed by atoms with Crippen LogP contribution < -0.4 is 5.32 Å². The molecule has 0 aliphatic heterocycles. The van der Waals surface area contributed by atoms with Gasteiger partial charge in [0.1, 0.15) is 5.82 Å². The third-order valence-corrected chi connectivity index (χ3v) is 2.13. The smallest absolute Gasteiger partial charge is 0.128 e. The first-order valence-electron chi connectivity index (χ1n) is 4.74. The maximum absolute atomic E-state index is 13.1. The van der Waals surface area contributed by atoms with Crippen molar-refractivity contribution in [3.05, 3.63) is 41.7 Å². The van der Waals surface area contributed by atoms with E-state index in [0.29, 0.717) is 5.56 Å². The lowest BCUT2D eigenvalue weighted by Crippen LogP contribution is -2.03. The Hall–Kier alpha value is -1.31. The summed E-state index contributed by atoms with van der Waals surface area (Å²) in [5.41, 5.74) is 2.67. The van der Waals surface area contributed by atoms with Gasteiger partial charge in [-0.1, -0.05) is 11.6 Å². The molecule has 2 heteroatoms. The Morgan fingerprint density at radius 1 is 1.50 bits per heavy atom. The molecular formula is C12H16FN. The van der Waals surface area contributed by atoms with Crippen molar-refractivity contribution in [2.75, 3.05) is 11.9 Å². The van der Waals surface area contributed by atoms with Gasteiger partial charge in [0.05, 0.1) is 0 Å². The normalized spacial score (nSPS) is 9.93. The van der Waals surface area contributed by atoms with E-state index in [0.717, 1.165) is 24.2 Å². The fourth-order valence-corrected chi connectivity index (χ4v) is 1.21. The number of nitrogens with one attached hydrogen (secondary N) is 1. The van der Waals surface area contributed by atoms with E-state index in [1.165, 1.54) is 6.07 Å². The van der Waals surface area contributed by atoms with Crippen molar-refractivity contribution in [1.29, 1.82) is 0 Å². The Labute approximate surface area is 84.6 Å². The Bertz CT molecular complexity index is 331. The number of rotatable bonds is 4. The van der Waals surface area contributed by atoms with Crippen molar-refractivity contribution in [3.8, 4) is 0 Å². The monoisotopic (exact) mass is 193 g/mol. The average Bonchev–Trinajstić information content (AvgIpc) is 2.12. The minimum atomic E-state index is -0.162. The molecule has 1 aromatic rings. The molecule has 14 heavy (non-hydrogen) atoms. The third kappa shape index (κ3) is 2.87. The molecule has 0 amide bonds. The zero-order valence-corrected chi connectivity index (χ0v) is 8.73. The molecule has 0 heterocycles. The van der Waals surface area contributed by atoms with E-state index < -0.39 is 0 Å². The maximum atomic E-state index is 13.1. The minimum Gasteiger partial charge on any atom is -0.384 e. The van der Waals surface area contributed by atoms with E-state index >= 15 is 0 Å². The van der Waals surface area contributed by atoms with Gasteiger partial charge in [-0.25, -0.2) is 4.39 Å². The number of anilines is 1. The highest BCUT2D eigenvalue weighted by molar-refractivity contribution is 5.50. The van der Waals surface area contributed by atoms with Gasteiger partial charge >= 0.3 is 0 Å². The lowest BCUT2D eigenvalue weighted by atomic mass is 10.2. The van der Waals surface area contributed by atoms with E-state index in [1.54, 1.807) is 13.0 Å². The van der Waals surface area contributed by atoms with Crippen LogP contribution in [0.1, 0.15) is 18.9 Å². The van der Waals surface area contributed by atoms with E-state index in [1.807, 2.05) is 13.0 Å². The van der Waals surface area contributed by atoms with Crippen molar-refractivity contribution >= 4 is 5.69 Å². The van der Waals surface area contributed by atoms with Crippen molar-refractivity contribution in [3.63, 3.8) is 0 Å². The first-order chi connectivity index (χ1) is 6.61. The van der Waals surface area contributed by atoms with Crippen molar-refractivity contribution in [2.24, 2.45) is 0 Å². The van der Waals surface area contributed by atoms with Crippen LogP contribution in [-0.4, -0.2) is 6.54 Å². The molecule has 0 atom stereocenters. The van der Waals surface area contributed by atoms with Gasteiger partial charge in [0.25, 0.3) is 0 Å². The number of hydrogen-bond donors (Lipinski definition) is 1. The Morgan fingerprint density at radius 3 is 2.86 bits per heavy atom. The van der Waals surface area contributed by atoms with Gasteiger partial charge in [-0.2, -0.15) is 0 Å². The fraction of sp³-hybridized carbons (Fsp3) is 0.333. The van der Waals surface area contributed by atoms with Crippen LogP contribution in [-0.2, 0) is 0 Å². The van der Waals surface area contributed by atoms with Gasteiger partial charge in [-0.3, -0.25) is 0 Å². The topological polar surface area (TPSA) is 12.0 Å². The van der Waals surface area contributed by atoms with E-state index in [-0.39, 0.29) is 5.82 Å². The van der Waals surface area contributed by atoms with Crippen molar-refractivity contribution in [2.45, 2.75) is 20.3 Å². The molecule has 1 rings (SSSR count). The van der Waals surface area contributed by atoms with Crippen molar-refractivity contribution < 1.29 is 4.39 Å². The molecule has 0 aromatic heterocycles. The first kappa shape index (κ1) is 10.8. The molecule has 1 N–H and O–H groups in total. The van der Waals surface area contributed by atoms with Crippen LogP contribution in [0.4, 0.5) is 10.1 Å². The lowest BCUT2D eigenvalue weighted by Gasteiger charge is -2.09. The van der Waals surface area contributed by atoms with Crippen LogP contribution >= 0.6 is 0 Å². The molecule has 0 fully saturated rings. The molecule has 0 saturated carbocycles. The molecule has 0 saturated heterocycles. The van der Waals surface area contributed by atoms with Gasteiger partial charge < -0.3 is 5.32 Å². The summed E-state index contributed by atoms with van der Waals surface area (Å²) in [5, 5.41) is 3.18. The zero-order chi connectivity index (χ0) is 10.6. The van der Waals surface area contributed by atoms with E-state index in [4.69, 9.17) is 0 Å². The molecule has 0 bridgehead atoms. The first-order valence-corrected chi connectivity index (χ1v) is 4.74. The van der Waals surface area contributed by atoms with Gasteiger partial charge in [0, 0.05) is 17.8 Å². The van der Waals surface area contributed by atoms with Crippen molar-refractivity contribution in [1.82, 2.24) is 0 Å². The number of hydrogen-bond acceptors (Lipinski definition) is 1. The van der Waals surface area contributed by atoms with E-state index in [9.17, 15) is 4.39 Å². The summed E-state index contributed by atoms with van der Waals surface area (Å²) < 4.78 is 13.1. The molecule has 1 nitrogen and oxygen atoms in total. The standard InChI is InChI=1S/C12H16FN/c1-9(2)7-8-14-12-6-4-5-11(13)10(12)3/h4-6,14H,1,7-8H2,2-3H3. The molecule has 0 unspecified atom stereocenters. The fourth-order valence-electron chi connectivity index (χ4n) is 1.21. The summed E-state index contributed by atoms with van der Waals surface area (Å²) in [5.74, 6) is -0.162. The van der Waals surface area contributed by atoms with Crippen LogP contribution in [0.15, 0.2) is 30.4 Å². The molecule has 0 spiro atoms. The van der Waals surface area contributed by atoms with Crippen LogP contribution in [0.5, 0.6) is 0 Å². The Balaban J connectivity index is 2.59. The van der Waals surface area contributed by atoms with Gasteiger partial charge in [0.2, 0.25) is 0 Å². The molecule has 0 aliphatic rings. The SMILES string of the molecule is C=C(C)CCNc1cccc(F)c1C. The zero-order valence-electron chi connectivity index (χ0n) is 8.73. The third-order valence-electron chi connectivity index (χ3n) is 2.13. The summed E-state index contributed by atoms with van der Waals surface area (Å²) in [7, 11) is 0. The lowest BCUT2D eigenvalue weighted by molar-refractivity contribution is 0.619. The quantitative estimate of drug-likeness (QED) is 0.721. The number of benzene rings is 1. The van der Waals surface area contributed by atoms with Gasteiger partial charge in [-0.05, 0) is 32.4 Å². The predicted molar refractivity (Wildman–Crippen MR) is 59.1 cm³/mol. The molecule has 76 valence electrons. The predicted octanol–water partition coefficient (Wildman–Crippen LogP) is 3.51. The van der Waals surface area contributed by atoms with Crippen LogP contribution in [0.25, 0.3) is 0 Å². The van der Waals surface area contributed by atoms with Crippen LogP contribution in [0.2, 0.25) is 0 Å². The average molecular weight is 193 g/mol. The highest BCUT2D eigenvalue weighted by atomic mass is 19.1. The van der Waals surface area contributed by atoms with Crippen LogP contribution in [0.3, 0.4) is 0 Å². The summed E-state index contributed by atoms with van der Waals surface area (Å²) in [6.07, 6.45) is 0.913. The maximum Gasteiger partial charge on any atom is 0.128 e. The summed E-state index contributed by atoms with van der Waals surface area (Å²) >= 11 is 0. The van der Waals surface area contributed by atoms with Gasteiger partial charge in [-0.15, -0.1) is 6.58 Å². The minimum absolute atomic E-state index is 0.162. The molecule has 1 aromatic carbocycles. The molecule has 0 radical (unpaired) electrons. The second kappa shape index (κ2) is 4.80. The summed E-state index contributed by atoms with van der Waals surface area (Å²) in [4.78, 5) is 0. The molecular weight excluding hydrogens is 177 g/mol. The Morgan fingerprint density at radius 2 is 2.21 bits per heavy atom. The van der Waals surface area contributed by atoms with Gasteiger partial charge in [0.15, 0.2) is 0 Å². The second-order valence-corrected chi connectivity index (χ2v) is 3.55. The summed E-state index contributed by atoms with van der Waals surface area (Å²) in [6.45, 7) is 8.38. The van der Waals surface area contributed by atoms with Crippen LogP contribution in [0, 0.1) is 12.7 Å². The summed E-state index contributed by atoms with van der Waals surface area (Å²) in [6, 6.07) is 5.07. The highest BCUT2D eigenvalue weighted by Gasteiger charge is 2.01.